The molecule has 0 aliphatic heterocycles. The maximum atomic E-state index is 3.41. The van der Waals surface area contributed by atoms with Gasteiger partial charge in [0.1, 0.15) is 0 Å². The highest BCUT2D eigenvalue weighted by atomic mass is 32.2. The lowest BCUT2D eigenvalue weighted by Gasteiger charge is -2.10. The van der Waals surface area contributed by atoms with E-state index in [2.05, 4.69) is 30.1 Å². The second-order valence-corrected chi connectivity index (χ2v) is 4.97. The van der Waals surface area contributed by atoms with Crippen LogP contribution in [-0.4, -0.2) is 13.3 Å². The summed E-state index contributed by atoms with van der Waals surface area (Å²) in [6.07, 6.45) is 4.74. The third-order valence-corrected chi connectivity index (χ3v) is 4.50. The van der Waals surface area contributed by atoms with Gasteiger partial charge in [-0.3, -0.25) is 0 Å². The minimum absolute atomic E-state index is 0.360. The highest BCUT2D eigenvalue weighted by molar-refractivity contribution is 7.98. The largest absolute Gasteiger partial charge is 0.310 e. The van der Waals surface area contributed by atoms with E-state index in [0.29, 0.717) is 5.54 Å². The molecule has 1 aliphatic carbocycles. The normalized spacial score (nSPS) is 19.5. The molecule has 1 nitrogen and oxygen atoms in total. The number of thioether (sulfide) groups is 1. The van der Waals surface area contributed by atoms with E-state index in [4.69, 9.17) is 0 Å². The topological polar surface area (TPSA) is 12.0 Å². The first kappa shape index (κ1) is 8.60. The zero-order valence-corrected chi connectivity index (χ0v) is 9.02. The zero-order chi connectivity index (χ0) is 8.60. The SMILES string of the molecule is CNC1(c2cc(SC)cs2)CC1. The van der Waals surface area contributed by atoms with Crippen LogP contribution < -0.4 is 5.32 Å². The van der Waals surface area contributed by atoms with Gasteiger partial charge in [0.2, 0.25) is 0 Å². The molecule has 0 spiro atoms. The van der Waals surface area contributed by atoms with Gasteiger partial charge in [-0.15, -0.1) is 23.1 Å². The lowest BCUT2D eigenvalue weighted by molar-refractivity contribution is 0.596. The van der Waals surface area contributed by atoms with Gasteiger partial charge in [-0.25, -0.2) is 0 Å². The van der Waals surface area contributed by atoms with E-state index in [-0.39, 0.29) is 0 Å². The summed E-state index contributed by atoms with van der Waals surface area (Å²) in [7, 11) is 2.06. The van der Waals surface area contributed by atoms with E-state index in [0.717, 1.165) is 0 Å². The average Bonchev–Trinajstić information content (AvgIpc) is 2.77. The van der Waals surface area contributed by atoms with Crippen LogP contribution in [0.4, 0.5) is 0 Å². The Balaban J connectivity index is 2.23. The van der Waals surface area contributed by atoms with Crippen LogP contribution in [0.25, 0.3) is 0 Å². The molecule has 1 aliphatic rings. The van der Waals surface area contributed by atoms with Gasteiger partial charge in [-0.1, -0.05) is 0 Å². The van der Waals surface area contributed by atoms with Crippen molar-refractivity contribution in [3.63, 3.8) is 0 Å². The predicted octanol–water partition coefficient (Wildman–Crippen LogP) is 2.68. The Hall–Kier alpha value is 0.01000. The number of rotatable bonds is 3. The maximum Gasteiger partial charge on any atom is 0.0528 e. The van der Waals surface area contributed by atoms with Gasteiger partial charge in [0.05, 0.1) is 5.54 Å². The smallest absolute Gasteiger partial charge is 0.0528 e. The van der Waals surface area contributed by atoms with Crippen molar-refractivity contribution in [1.82, 2.24) is 5.32 Å². The fourth-order valence-electron chi connectivity index (χ4n) is 1.42. The Morgan fingerprint density at radius 3 is 2.75 bits per heavy atom. The van der Waals surface area contributed by atoms with Crippen molar-refractivity contribution in [3.05, 3.63) is 16.3 Å². The maximum absolute atomic E-state index is 3.41. The van der Waals surface area contributed by atoms with E-state index in [1.165, 1.54) is 22.6 Å². The summed E-state index contributed by atoms with van der Waals surface area (Å²) in [6, 6.07) is 2.32. The lowest BCUT2D eigenvalue weighted by Crippen LogP contribution is -2.22. The molecule has 1 fully saturated rings. The van der Waals surface area contributed by atoms with Gasteiger partial charge in [0.25, 0.3) is 0 Å². The summed E-state index contributed by atoms with van der Waals surface area (Å²) in [6.45, 7) is 0. The number of thiophene rings is 1. The minimum atomic E-state index is 0.360. The molecule has 2 rings (SSSR count). The van der Waals surface area contributed by atoms with Gasteiger partial charge >= 0.3 is 0 Å². The van der Waals surface area contributed by atoms with Gasteiger partial charge < -0.3 is 5.32 Å². The van der Waals surface area contributed by atoms with Crippen LogP contribution in [0.1, 0.15) is 17.7 Å². The average molecular weight is 199 g/mol. The van der Waals surface area contributed by atoms with E-state index in [1.807, 2.05) is 23.1 Å². The summed E-state index contributed by atoms with van der Waals surface area (Å²) in [5.74, 6) is 0. The second-order valence-electron chi connectivity index (χ2n) is 3.18. The molecule has 0 atom stereocenters. The summed E-state index contributed by atoms with van der Waals surface area (Å²) in [5.41, 5.74) is 0.360. The molecule has 0 radical (unpaired) electrons. The van der Waals surface area contributed by atoms with Gasteiger partial charge in [0.15, 0.2) is 0 Å². The fraction of sp³-hybridized carbons (Fsp3) is 0.556. The van der Waals surface area contributed by atoms with Crippen molar-refractivity contribution in [2.45, 2.75) is 23.3 Å². The third kappa shape index (κ3) is 1.30. The van der Waals surface area contributed by atoms with Crippen LogP contribution >= 0.6 is 23.1 Å². The first-order valence-electron chi connectivity index (χ1n) is 4.13. The van der Waals surface area contributed by atoms with Crippen molar-refractivity contribution in [2.75, 3.05) is 13.3 Å². The Kier molecular flexibility index (Phi) is 2.19. The lowest BCUT2D eigenvalue weighted by atomic mass is 10.2. The molecule has 12 heavy (non-hydrogen) atoms. The first-order valence-corrected chi connectivity index (χ1v) is 6.23. The van der Waals surface area contributed by atoms with Crippen molar-refractivity contribution in [1.29, 1.82) is 0 Å². The van der Waals surface area contributed by atoms with Crippen molar-refractivity contribution in [2.24, 2.45) is 0 Å². The summed E-state index contributed by atoms with van der Waals surface area (Å²) >= 11 is 3.71. The van der Waals surface area contributed by atoms with Gasteiger partial charge in [0, 0.05) is 15.2 Å². The second kappa shape index (κ2) is 3.05. The monoisotopic (exact) mass is 199 g/mol. The molecule has 0 saturated heterocycles. The molecule has 0 amide bonds. The van der Waals surface area contributed by atoms with Gasteiger partial charge in [-0.2, -0.15) is 0 Å². The van der Waals surface area contributed by atoms with Crippen molar-refractivity contribution >= 4 is 23.1 Å². The van der Waals surface area contributed by atoms with Crippen molar-refractivity contribution < 1.29 is 0 Å². The van der Waals surface area contributed by atoms with Crippen LogP contribution in [0.5, 0.6) is 0 Å². The summed E-state index contributed by atoms with van der Waals surface area (Å²) in [4.78, 5) is 2.91. The highest BCUT2D eigenvalue weighted by Gasteiger charge is 2.43. The van der Waals surface area contributed by atoms with Crippen LogP contribution in [-0.2, 0) is 5.54 Å². The molecular formula is C9H13NS2. The molecule has 1 aromatic rings. The number of hydrogen-bond acceptors (Lipinski definition) is 3. The van der Waals surface area contributed by atoms with E-state index < -0.39 is 0 Å². The molecule has 0 unspecified atom stereocenters. The molecule has 66 valence electrons. The molecule has 1 heterocycles. The standard InChI is InChI=1S/C9H13NS2/c1-10-9(3-4-9)8-5-7(11-2)6-12-8/h5-6,10H,3-4H2,1-2H3. The van der Waals surface area contributed by atoms with Gasteiger partial charge in [-0.05, 0) is 32.2 Å². The zero-order valence-electron chi connectivity index (χ0n) is 7.39. The van der Waals surface area contributed by atoms with E-state index >= 15 is 0 Å². The Morgan fingerprint density at radius 2 is 2.33 bits per heavy atom. The van der Waals surface area contributed by atoms with Crippen LogP contribution in [0.15, 0.2) is 16.3 Å². The number of nitrogens with one attached hydrogen (secondary N) is 1. The summed E-state index contributed by atoms with van der Waals surface area (Å²) in [5, 5.41) is 5.65. The Bertz CT molecular complexity index is 276. The van der Waals surface area contributed by atoms with Crippen LogP contribution in [0, 0.1) is 0 Å². The molecule has 1 aromatic heterocycles. The Labute approximate surface area is 81.6 Å². The van der Waals surface area contributed by atoms with E-state index in [9.17, 15) is 0 Å². The molecule has 3 heteroatoms. The highest BCUT2D eigenvalue weighted by Crippen LogP contribution is 2.48. The van der Waals surface area contributed by atoms with Crippen LogP contribution in [0.2, 0.25) is 0 Å². The third-order valence-electron chi connectivity index (χ3n) is 2.51. The fourth-order valence-corrected chi connectivity index (χ4v) is 3.30. The molecule has 1 N–H and O–H groups in total. The predicted molar refractivity (Wildman–Crippen MR) is 56.1 cm³/mol. The molecule has 0 aromatic carbocycles. The Morgan fingerprint density at radius 1 is 1.58 bits per heavy atom. The first-order chi connectivity index (χ1) is 5.80. The number of hydrogen-bond donors (Lipinski definition) is 1. The van der Waals surface area contributed by atoms with E-state index in [1.54, 1.807) is 0 Å². The minimum Gasteiger partial charge on any atom is -0.310 e. The quantitative estimate of drug-likeness (QED) is 0.751. The molecular weight excluding hydrogens is 186 g/mol. The van der Waals surface area contributed by atoms with Crippen molar-refractivity contribution in [3.8, 4) is 0 Å². The van der Waals surface area contributed by atoms with Crippen LogP contribution in [0.3, 0.4) is 0 Å². The summed E-state index contributed by atoms with van der Waals surface area (Å²) < 4.78 is 0. The molecule has 0 bridgehead atoms. The molecule has 1 saturated carbocycles.